The minimum absolute atomic E-state index is 0.103. The first-order valence-corrected chi connectivity index (χ1v) is 3.53. The summed E-state index contributed by atoms with van der Waals surface area (Å²) in [6.07, 6.45) is 2.73. The lowest BCUT2D eigenvalue weighted by Crippen LogP contribution is -2.02. The van der Waals surface area contributed by atoms with Crippen LogP contribution in [0.3, 0.4) is 0 Å². The SMILES string of the molecule is C=Cc1ncc(C(=O)OCC)o1. The molecule has 0 atom stereocenters. The van der Waals surface area contributed by atoms with Crippen molar-refractivity contribution in [2.75, 3.05) is 6.61 Å². The van der Waals surface area contributed by atoms with Crippen LogP contribution in [-0.4, -0.2) is 17.6 Å². The maximum absolute atomic E-state index is 11.0. The zero-order chi connectivity index (χ0) is 8.97. The molecule has 0 aromatic carbocycles. The Labute approximate surface area is 69.9 Å². The van der Waals surface area contributed by atoms with Crippen molar-refractivity contribution in [1.82, 2.24) is 4.98 Å². The van der Waals surface area contributed by atoms with Gasteiger partial charge in [-0.3, -0.25) is 0 Å². The number of carbonyl (C=O) groups excluding carboxylic acids is 1. The summed E-state index contributed by atoms with van der Waals surface area (Å²) in [5.74, 6) is -0.0806. The summed E-state index contributed by atoms with van der Waals surface area (Å²) in [5.41, 5.74) is 0. The van der Waals surface area contributed by atoms with Crippen molar-refractivity contribution in [3.63, 3.8) is 0 Å². The summed E-state index contributed by atoms with van der Waals surface area (Å²) in [7, 11) is 0. The van der Waals surface area contributed by atoms with Crippen LogP contribution >= 0.6 is 0 Å². The number of aromatic nitrogens is 1. The minimum Gasteiger partial charge on any atom is -0.460 e. The molecule has 1 aromatic heterocycles. The summed E-state index contributed by atoms with van der Waals surface area (Å²) in [5, 5.41) is 0. The Bertz CT molecular complexity index is 290. The molecule has 0 aliphatic carbocycles. The Morgan fingerprint density at radius 1 is 1.92 bits per heavy atom. The number of carbonyl (C=O) groups is 1. The predicted molar refractivity (Wildman–Crippen MR) is 42.6 cm³/mol. The average molecular weight is 167 g/mol. The van der Waals surface area contributed by atoms with Crippen molar-refractivity contribution in [1.29, 1.82) is 0 Å². The summed E-state index contributed by atoms with van der Waals surface area (Å²) < 4.78 is 9.62. The Morgan fingerprint density at radius 3 is 3.17 bits per heavy atom. The second-order valence-corrected chi connectivity index (χ2v) is 1.99. The van der Waals surface area contributed by atoms with Gasteiger partial charge in [0.1, 0.15) is 0 Å². The maximum atomic E-state index is 11.0. The number of oxazole rings is 1. The van der Waals surface area contributed by atoms with Crippen LogP contribution in [0.2, 0.25) is 0 Å². The van der Waals surface area contributed by atoms with Crippen LogP contribution in [0.1, 0.15) is 23.4 Å². The Kier molecular flexibility index (Phi) is 2.63. The maximum Gasteiger partial charge on any atom is 0.375 e. The molecule has 4 nitrogen and oxygen atoms in total. The van der Waals surface area contributed by atoms with Crippen LogP contribution < -0.4 is 0 Å². The van der Waals surface area contributed by atoms with Gasteiger partial charge < -0.3 is 9.15 Å². The molecule has 0 saturated carbocycles. The summed E-state index contributed by atoms with van der Waals surface area (Å²) in [6, 6.07) is 0. The number of hydrogen-bond donors (Lipinski definition) is 0. The summed E-state index contributed by atoms with van der Waals surface area (Å²) in [4.78, 5) is 14.7. The zero-order valence-corrected chi connectivity index (χ0v) is 6.74. The van der Waals surface area contributed by atoms with E-state index in [1.807, 2.05) is 0 Å². The minimum atomic E-state index is -0.502. The molecule has 1 aromatic rings. The number of ether oxygens (including phenoxy) is 1. The largest absolute Gasteiger partial charge is 0.460 e. The molecule has 1 rings (SSSR count). The first kappa shape index (κ1) is 8.52. The van der Waals surface area contributed by atoms with Gasteiger partial charge in [0.05, 0.1) is 12.8 Å². The summed E-state index contributed by atoms with van der Waals surface area (Å²) >= 11 is 0. The van der Waals surface area contributed by atoms with Gasteiger partial charge in [0, 0.05) is 0 Å². The van der Waals surface area contributed by atoms with Crippen molar-refractivity contribution < 1.29 is 13.9 Å². The van der Waals surface area contributed by atoms with Gasteiger partial charge in [-0.1, -0.05) is 6.58 Å². The molecule has 4 heteroatoms. The first-order valence-electron chi connectivity index (χ1n) is 3.53. The lowest BCUT2D eigenvalue weighted by atomic mass is 10.5. The van der Waals surface area contributed by atoms with Crippen molar-refractivity contribution in [2.24, 2.45) is 0 Å². The highest BCUT2D eigenvalue weighted by Gasteiger charge is 2.11. The molecule has 0 saturated heterocycles. The molecule has 12 heavy (non-hydrogen) atoms. The van der Waals surface area contributed by atoms with Gasteiger partial charge in [0.25, 0.3) is 0 Å². The van der Waals surface area contributed by atoms with Crippen LogP contribution in [0.5, 0.6) is 0 Å². The van der Waals surface area contributed by atoms with E-state index in [0.717, 1.165) is 0 Å². The normalized spacial score (nSPS) is 9.42. The van der Waals surface area contributed by atoms with Gasteiger partial charge in [-0.25, -0.2) is 9.78 Å². The van der Waals surface area contributed by atoms with Crippen molar-refractivity contribution in [3.05, 3.63) is 24.4 Å². The molecule has 0 aliphatic rings. The van der Waals surface area contributed by atoms with E-state index < -0.39 is 5.97 Å². The third-order valence-electron chi connectivity index (χ3n) is 1.17. The van der Waals surface area contributed by atoms with E-state index in [0.29, 0.717) is 12.5 Å². The topological polar surface area (TPSA) is 52.3 Å². The average Bonchev–Trinajstić information content (AvgIpc) is 2.52. The van der Waals surface area contributed by atoms with Crippen molar-refractivity contribution >= 4 is 12.0 Å². The Balaban J connectivity index is 2.74. The lowest BCUT2D eigenvalue weighted by molar-refractivity contribution is 0.0489. The van der Waals surface area contributed by atoms with E-state index in [9.17, 15) is 4.79 Å². The van der Waals surface area contributed by atoms with Gasteiger partial charge in [0.2, 0.25) is 11.7 Å². The van der Waals surface area contributed by atoms with Crippen LogP contribution in [0.25, 0.3) is 6.08 Å². The molecule has 0 bridgehead atoms. The third kappa shape index (κ3) is 1.72. The highest BCUT2D eigenvalue weighted by atomic mass is 16.5. The zero-order valence-electron chi connectivity index (χ0n) is 6.74. The molecular weight excluding hydrogens is 158 g/mol. The van der Waals surface area contributed by atoms with Crippen LogP contribution in [0.15, 0.2) is 17.2 Å². The molecule has 0 aliphatic heterocycles. The van der Waals surface area contributed by atoms with E-state index in [1.54, 1.807) is 6.92 Å². The highest BCUT2D eigenvalue weighted by Crippen LogP contribution is 2.05. The quantitative estimate of drug-likeness (QED) is 0.640. The van der Waals surface area contributed by atoms with Crippen LogP contribution in [0.4, 0.5) is 0 Å². The third-order valence-corrected chi connectivity index (χ3v) is 1.17. The molecule has 1 heterocycles. The number of esters is 1. The van der Waals surface area contributed by atoms with E-state index in [4.69, 9.17) is 4.42 Å². The van der Waals surface area contributed by atoms with Crippen LogP contribution in [-0.2, 0) is 4.74 Å². The van der Waals surface area contributed by atoms with Gasteiger partial charge in [-0.2, -0.15) is 0 Å². The van der Waals surface area contributed by atoms with Gasteiger partial charge in [-0.05, 0) is 13.0 Å². The number of rotatable bonds is 3. The molecule has 64 valence electrons. The Morgan fingerprint density at radius 2 is 2.67 bits per heavy atom. The van der Waals surface area contributed by atoms with Crippen molar-refractivity contribution in [3.8, 4) is 0 Å². The summed E-state index contributed by atoms with van der Waals surface area (Å²) in [6.45, 7) is 5.49. The monoisotopic (exact) mass is 167 g/mol. The molecule has 0 unspecified atom stereocenters. The highest BCUT2D eigenvalue weighted by molar-refractivity contribution is 5.86. The molecule has 0 amide bonds. The van der Waals surface area contributed by atoms with E-state index in [1.165, 1.54) is 12.3 Å². The van der Waals surface area contributed by atoms with Gasteiger partial charge in [-0.15, -0.1) is 0 Å². The van der Waals surface area contributed by atoms with E-state index in [2.05, 4.69) is 16.3 Å². The van der Waals surface area contributed by atoms with E-state index in [-0.39, 0.29) is 5.76 Å². The molecule has 0 spiro atoms. The molecular formula is C8H9NO3. The standard InChI is InChI=1S/C8H9NO3/c1-3-7-9-5-6(12-7)8(10)11-4-2/h3,5H,1,4H2,2H3. The molecule has 0 radical (unpaired) electrons. The fraction of sp³-hybridized carbons (Fsp3) is 0.250. The second kappa shape index (κ2) is 3.71. The van der Waals surface area contributed by atoms with Gasteiger partial charge in [0.15, 0.2) is 0 Å². The fourth-order valence-corrected chi connectivity index (χ4v) is 0.679. The van der Waals surface area contributed by atoms with Crippen LogP contribution in [0, 0.1) is 0 Å². The van der Waals surface area contributed by atoms with E-state index >= 15 is 0 Å². The van der Waals surface area contributed by atoms with Crippen molar-refractivity contribution in [2.45, 2.75) is 6.92 Å². The second-order valence-electron chi connectivity index (χ2n) is 1.99. The first-order chi connectivity index (χ1) is 5.77. The molecule has 0 N–H and O–H groups in total. The number of hydrogen-bond acceptors (Lipinski definition) is 4. The fourth-order valence-electron chi connectivity index (χ4n) is 0.679. The predicted octanol–water partition coefficient (Wildman–Crippen LogP) is 1.49. The number of nitrogens with zero attached hydrogens (tertiary/aromatic N) is 1. The smallest absolute Gasteiger partial charge is 0.375 e. The Hall–Kier alpha value is -1.58. The lowest BCUT2D eigenvalue weighted by Gasteiger charge is -1.94. The van der Waals surface area contributed by atoms with Gasteiger partial charge >= 0.3 is 5.97 Å². The molecule has 0 fully saturated rings.